The molecule has 0 aromatic heterocycles. The third-order valence-electron chi connectivity index (χ3n) is 6.54. The predicted octanol–water partition coefficient (Wildman–Crippen LogP) is 3.77. The Morgan fingerprint density at radius 3 is 2.34 bits per heavy atom. The number of amides is 3. The second-order valence-corrected chi connectivity index (χ2v) is 9.00. The van der Waals surface area contributed by atoms with Crippen molar-refractivity contribution in [2.75, 3.05) is 36.4 Å². The summed E-state index contributed by atoms with van der Waals surface area (Å²) in [5.74, 6) is -0.475. The van der Waals surface area contributed by atoms with Crippen molar-refractivity contribution in [3.8, 4) is 0 Å². The number of carbonyl (C=O) groups is 3. The van der Waals surface area contributed by atoms with Gasteiger partial charge in [0.1, 0.15) is 0 Å². The first-order valence-corrected chi connectivity index (χ1v) is 11.9. The van der Waals surface area contributed by atoms with E-state index >= 15 is 0 Å². The minimum atomic E-state index is -0.486. The molecule has 2 aliphatic heterocycles. The third-order valence-corrected chi connectivity index (χ3v) is 6.54. The lowest BCUT2D eigenvalue weighted by molar-refractivity contribution is -0.116. The summed E-state index contributed by atoms with van der Waals surface area (Å²) >= 11 is 0. The Morgan fingerprint density at radius 1 is 0.857 bits per heavy atom. The number of nitrogens with one attached hydrogen (secondary N) is 2. The van der Waals surface area contributed by atoms with Crippen LogP contribution < -0.4 is 15.5 Å². The van der Waals surface area contributed by atoms with Crippen molar-refractivity contribution in [1.82, 2.24) is 10.2 Å². The van der Waals surface area contributed by atoms with Crippen LogP contribution in [0.5, 0.6) is 0 Å². The van der Waals surface area contributed by atoms with E-state index in [1.807, 2.05) is 55.5 Å². The molecule has 2 N–H and O–H groups in total. The molecule has 3 amide bonds. The number of aryl methyl sites for hydroxylation is 1. The quantitative estimate of drug-likeness (QED) is 0.613. The summed E-state index contributed by atoms with van der Waals surface area (Å²) in [6.07, 6.45) is 0.108. The van der Waals surface area contributed by atoms with Gasteiger partial charge in [0.05, 0.1) is 23.8 Å². The first kappa shape index (κ1) is 22.8. The van der Waals surface area contributed by atoms with Crippen LogP contribution in [0.1, 0.15) is 44.3 Å². The number of anilines is 2. The zero-order chi connectivity index (χ0) is 24.4. The van der Waals surface area contributed by atoms with E-state index in [0.29, 0.717) is 35.6 Å². The molecule has 0 radical (unpaired) electrons. The number of hydrogen-bond donors (Lipinski definition) is 2. The lowest BCUT2D eigenvalue weighted by atomic mass is 9.99. The molecule has 0 bridgehead atoms. The Hall–Kier alpha value is -3.97. The molecule has 7 nitrogen and oxygen atoms in total. The molecule has 35 heavy (non-hydrogen) atoms. The fourth-order valence-corrected chi connectivity index (χ4v) is 4.78. The van der Waals surface area contributed by atoms with Gasteiger partial charge in [-0.05, 0) is 42.8 Å². The van der Waals surface area contributed by atoms with E-state index in [-0.39, 0.29) is 24.1 Å². The minimum absolute atomic E-state index is 0.0797. The summed E-state index contributed by atoms with van der Waals surface area (Å²) in [4.78, 5) is 43.6. The first-order valence-electron chi connectivity index (χ1n) is 11.9. The highest BCUT2D eigenvalue weighted by Gasteiger charge is 2.34. The normalized spacial score (nSPS) is 17.9. The third kappa shape index (κ3) is 4.68. The van der Waals surface area contributed by atoms with Crippen molar-refractivity contribution in [1.29, 1.82) is 0 Å². The summed E-state index contributed by atoms with van der Waals surface area (Å²) < 4.78 is 0. The number of hydrogen-bond acceptors (Lipinski definition) is 4. The van der Waals surface area contributed by atoms with Crippen molar-refractivity contribution >= 4 is 29.1 Å². The highest BCUT2D eigenvalue weighted by atomic mass is 16.2. The number of benzene rings is 3. The topological polar surface area (TPSA) is 81.8 Å². The number of rotatable bonds is 3. The van der Waals surface area contributed by atoms with Crippen LogP contribution in [0.25, 0.3) is 0 Å². The Kier molecular flexibility index (Phi) is 6.33. The molecule has 0 aliphatic carbocycles. The van der Waals surface area contributed by atoms with E-state index in [1.165, 1.54) is 0 Å². The number of fused-ring (bicyclic) bond motifs is 1. The molecular weight excluding hydrogens is 440 g/mol. The van der Waals surface area contributed by atoms with Crippen LogP contribution in [-0.4, -0.2) is 48.8 Å². The van der Waals surface area contributed by atoms with E-state index < -0.39 is 6.04 Å². The molecule has 1 atom stereocenters. The van der Waals surface area contributed by atoms with Crippen molar-refractivity contribution in [2.45, 2.75) is 19.4 Å². The monoisotopic (exact) mass is 468 g/mol. The van der Waals surface area contributed by atoms with Gasteiger partial charge in [-0.1, -0.05) is 48.0 Å². The molecule has 5 rings (SSSR count). The Morgan fingerprint density at radius 2 is 1.60 bits per heavy atom. The first-order chi connectivity index (χ1) is 17.0. The molecule has 1 saturated heterocycles. The van der Waals surface area contributed by atoms with Gasteiger partial charge in [-0.3, -0.25) is 19.3 Å². The van der Waals surface area contributed by atoms with Crippen molar-refractivity contribution in [2.24, 2.45) is 0 Å². The second-order valence-electron chi connectivity index (χ2n) is 9.00. The van der Waals surface area contributed by atoms with E-state index in [0.717, 1.165) is 24.2 Å². The van der Waals surface area contributed by atoms with Crippen LogP contribution >= 0.6 is 0 Å². The highest BCUT2D eigenvalue weighted by molar-refractivity contribution is 6.12. The highest BCUT2D eigenvalue weighted by Crippen LogP contribution is 2.39. The van der Waals surface area contributed by atoms with Gasteiger partial charge in [0, 0.05) is 37.3 Å². The molecule has 1 fully saturated rings. The molecule has 178 valence electrons. The predicted molar refractivity (Wildman–Crippen MR) is 136 cm³/mol. The van der Waals surface area contributed by atoms with E-state index in [4.69, 9.17) is 0 Å². The van der Waals surface area contributed by atoms with E-state index in [1.54, 1.807) is 34.1 Å². The van der Waals surface area contributed by atoms with Gasteiger partial charge in [-0.2, -0.15) is 0 Å². The number of nitrogens with zero attached hydrogens (tertiary/aromatic N) is 2. The Labute approximate surface area is 204 Å². The van der Waals surface area contributed by atoms with Crippen LogP contribution in [0.3, 0.4) is 0 Å². The number of piperazine rings is 1. The van der Waals surface area contributed by atoms with E-state index in [9.17, 15) is 14.4 Å². The second kappa shape index (κ2) is 9.72. The molecule has 0 spiro atoms. The smallest absolute Gasteiger partial charge is 0.258 e. The van der Waals surface area contributed by atoms with Gasteiger partial charge in [-0.15, -0.1) is 0 Å². The lowest BCUT2D eigenvalue weighted by Gasteiger charge is -2.31. The maximum Gasteiger partial charge on any atom is 0.258 e. The van der Waals surface area contributed by atoms with Gasteiger partial charge in [0.25, 0.3) is 11.8 Å². The van der Waals surface area contributed by atoms with Crippen molar-refractivity contribution in [3.05, 3.63) is 95.1 Å². The Balaban J connectivity index is 1.60. The van der Waals surface area contributed by atoms with Crippen LogP contribution in [-0.2, 0) is 4.79 Å². The SMILES string of the molecule is Cc1cccc(C(=O)N2c3ccc(C(=O)N4CCNCC4)cc3NC(=O)CC2c2ccccc2)c1. The van der Waals surface area contributed by atoms with Crippen LogP contribution in [0, 0.1) is 6.92 Å². The average molecular weight is 469 g/mol. The molecule has 3 aromatic carbocycles. The van der Waals surface area contributed by atoms with Crippen LogP contribution in [0.2, 0.25) is 0 Å². The summed E-state index contributed by atoms with van der Waals surface area (Å²) in [6, 6.07) is 21.8. The van der Waals surface area contributed by atoms with Crippen LogP contribution in [0.4, 0.5) is 11.4 Å². The summed E-state index contributed by atoms with van der Waals surface area (Å²) in [6.45, 7) is 4.73. The molecule has 1 unspecified atom stereocenters. The average Bonchev–Trinajstić information content (AvgIpc) is 3.04. The molecule has 0 saturated carbocycles. The van der Waals surface area contributed by atoms with Crippen molar-refractivity contribution in [3.63, 3.8) is 0 Å². The molecule has 7 heteroatoms. The molecule has 3 aromatic rings. The summed E-state index contributed by atoms with van der Waals surface area (Å²) in [5, 5.41) is 6.20. The molecule has 2 aliphatic rings. The standard InChI is InChI=1S/C28H28N4O3/c1-19-6-5-9-21(16-19)28(35)32-24-11-10-22(27(34)31-14-12-29-13-15-31)17-23(24)30-26(33)18-25(32)20-7-3-2-4-8-20/h2-11,16-17,25,29H,12-15,18H2,1H3,(H,30,33). The van der Waals surface area contributed by atoms with E-state index in [2.05, 4.69) is 10.6 Å². The van der Waals surface area contributed by atoms with Gasteiger partial charge >= 0.3 is 0 Å². The zero-order valence-corrected chi connectivity index (χ0v) is 19.7. The van der Waals surface area contributed by atoms with Gasteiger partial charge in [0.2, 0.25) is 5.91 Å². The summed E-state index contributed by atoms with van der Waals surface area (Å²) in [7, 11) is 0. The maximum atomic E-state index is 13.9. The zero-order valence-electron chi connectivity index (χ0n) is 19.7. The summed E-state index contributed by atoms with van der Waals surface area (Å²) in [5.41, 5.74) is 3.94. The number of carbonyl (C=O) groups excluding carboxylic acids is 3. The van der Waals surface area contributed by atoms with Gasteiger partial charge in [-0.25, -0.2) is 0 Å². The molecular formula is C28H28N4O3. The lowest BCUT2D eigenvalue weighted by Crippen LogP contribution is -2.46. The van der Waals surface area contributed by atoms with Gasteiger partial charge in [0.15, 0.2) is 0 Å². The van der Waals surface area contributed by atoms with Crippen LogP contribution in [0.15, 0.2) is 72.8 Å². The minimum Gasteiger partial charge on any atom is -0.336 e. The fourth-order valence-electron chi connectivity index (χ4n) is 4.78. The Bertz CT molecular complexity index is 1270. The molecule has 2 heterocycles. The van der Waals surface area contributed by atoms with Gasteiger partial charge < -0.3 is 15.5 Å². The maximum absolute atomic E-state index is 13.9. The fraction of sp³-hybridized carbons (Fsp3) is 0.250. The van der Waals surface area contributed by atoms with Crippen molar-refractivity contribution < 1.29 is 14.4 Å². The largest absolute Gasteiger partial charge is 0.336 e.